The Kier molecular flexibility index (Phi) is 3.62. The van der Waals surface area contributed by atoms with Crippen LogP contribution in [0.1, 0.15) is 16.8 Å². The second-order valence-electron chi connectivity index (χ2n) is 4.27. The van der Waals surface area contributed by atoms with Crippen LogP contribution in [0, 0.1) is 12.3 Å². The van der Waals surface area contributed by atoms with Gasteiger partial charge >= 0.3 is 0 Å². The number of hydrogen-bond donors (Lipinski definition) is 2. The zero-order chi connectivity index (χ0) is 13.1. The highest BCUT2D eigenvalue weighted by molar-refractivity contribution is 7.07. The minimum absolute atomic E-state index is 0.0927. The first kappa shape index (κ1) is 12.6. The van der Waals surface area contributed by atoms with Crippen LogP contribution in [-0.2, 0) is 6.54 Å². The first-order valence-corrected chi connectivity index (χ1v) is 6.55. The molecule has 0 radical (unpaired) electrons. The van der Waals surface area contributed by atoms with Crippen LogP contribution in [0.15, 0.2) is 29.1 Å². The summed E-state index contributed by atoms with van der Waals surface area (Å²) < 4.78 is 0. The van der Waals surface area contributed by atoms with Crippen LogP contribution >= 0.6 is 11.3 Å². The monoisotopic (exact) mass is 260 g/mol. The topological polar surface area (TPSA) is 66.0 Å². The van der Waals surface area contributed by atoms with Gasteiger partial charge in [-0.1, -0.05) is 6.07 Å². The van der Waals surface area contributed by atoms with Crippen LogP contribution in [0.5, 0.6) is 0 Å². The van der Waals surface area contributed by atoms with E-state index in [1.165, 1.54) is 0 Å². The van der Waals surface area contributed by atoms with Crippen LogP contribution in [0.25, 0.3) is 0 Å². The average molecular weight is 260 g/mol. The van der Waals surface area contributed by atoms with Crippen molar-refractivity contribution >= 4 is 22.9 Å². The van der Waals surface area contributed by atoms with Crippen molar-refractivity contribution in [3.63, 3.8) is 0 Å². The van der Waals surface area contributed by atoms with Gasteiger partial charge in [-0.05, 0) is 24.6 Å². The van der Waals surface area contributed by atoms with E-state index in [1.807, 2.05) is 43.1 Å². The Morgan fingerprint density at radius 3 is 2.89 bits per heavy atom. The van der Waals surface area contributed by atoms with E-state index in [9.17, 15) is 0 Å². The van der Waals surface area contributed by atoms with Gasteiger partial charge in [-0.15, -0.1) is 11.3 Å². The first-order valence-electron chi connectivity index (χ1n) is 5.61. The molecule has 0 unspecified atom stereocenters. The molecule has 0 spiro atoms. The molecular weight excluding hydrogens is 244 g/mol. The number of hydrogen-bond acceptors (Lipinski definition) is 4. The smallest absolute Gasteiger partial charge is 0.124 e. The largest absolute Gasteiger partial charge is 0.384 e. The summed E-state index contributed by atoms with van der Waals surface area (Å²) in [5, 5.41) is 9.65. The van der Waals surface area contributed by atoms with Gasteiger partial charge in [0.1, 0.15) is 5.84 Å². The number of benzene rings is 1. The van der Waals surface area contributed by atoms with Crippen molar-refractivity contribution in [2.24, 2.45) is 5.73 Å². The summed E-state index contributed by atoms with van der Waals surface area (Å²) in [5.74, 6) is 0.0927. The predicted octanol–water partition coefficient (Wildman–Crippen LogP) is 2.37. The highest BCUT2D eigenvalue weighted by Gasteiger charge is 2.11. The maximum Gasteiger partial charge on any atom is 0.124 e. The molecule has 5 heteroatoms. The summed E-state index contributed by atoms with van der Waals surface area (Å²) in [6, 6.07) is 5.91. The molecule has 0 aliphatic rings. The lowest BCUT2D eigenvalue weighted by molar-refractivity contribution is 0.892. The molecule has 2 aromatic rings. The zero-order valence-electron chi connectivity index (χ0n) is 10.5. The fraction of sp³-hybridized carbons (Fsp3) is 0.231. The molecule has 2 rings (SSSR count). The molecular formula is C13H16N4S. The fourth-order valence-corrected chi connectivity index (χ4v) is 2.38. The van der Waals surface area contributed by atoms with E-state index in [0.29, 0.717) is 6.54 Å². The standard InChI is InChI=1S/C13H16N4S/c1-9-3-4-11(13(14)15)12(5-9)17(2)6-10-7-18-8-16-10/h3-5,7-8H,6H2,1-2H3,(H3,14,15). The molecule has 0 atom stereocenters. The van der Waals surface area contributed by atoms with Crippen molar-refractivity contribution in [1.29, 1.82) is 5.41 Å². The summed E-state index contributed by atoms with van der Waals surface area (Å²) in [5.41, 5.74) is 11.4. The third kappa shape index (κ3) is 2.68. The fourth-order valence-electron chi connectivity index (χ4n) is 1.83. The van der Waals surface area contributed by atoms with E-state index in [-0.39, 0.29) is 5.84 Å². The van der Waals surface area contributed by atoms with Crippen molar-refractivity contribution in [2.75, 3.05) is 11.9 Å². The molecule has 18 heavy (non-hydrogen) atoms. The number of thiazole rings is 1. The number of nitrogens with one attached hydrogen (secondary N) is 1. The van der Waals surface area contributed by atoms with Crippen molar-refractivity contribution in [2.45, 2.75) is 13.5 Å². The van der Waals surface area contributed by atoms with Crippen LogP contribution < -0.4 is 10.6 Å². The normalized spacial score (nSPS) is 10.3. The molecule has 1 aromatic carbocycles. The minimum Gasteiger partial charge on any atom is -0.384 e. The highest BCUT2D eigenvalue weighted by atomic mass is 32.1. The Hall–Kier alpha value is -1.88. The predicted molar refractivity (Wildman–Crippen MR) is 76.4 cm³/mol. The van der Waals surface area contributed by atoms with Gasteiger partial charge in [-0.2, -0.15) is 0 Å². The van der Waals surface area contributed by atoms with Gasteiger partial charge in [0.05, 0.1) is 17.7 Å². The Bertz CT molecular complexity index is 548. The van der Waals surface area contributed by atoms with Gasteiger partial charge in [-0.3, -0.25) is 5.41 Å². The Labute approximate surface area is 111 Å². The summed E-state index contributed by atoms with van der Waals surface area (Å²) in [6.45, 7) is 2.75. The van der Waals surface area contributed by atoms with Crippen molar-refractivity contribution in [1.82, 2.24) is 4.98 Å². The molecule has 0 fully saturated rings. The number of nitrogen functional groups attached to an aromatic ring is 1. The van der Waals surface area contributed by atoms with E-state index in [0.717, 1.165) is 22.5 Å². The molecule has 0 saturated heterocycles. The molecule has 0 saturated carbocycles. The molecule has 0 aliphatic carbocycles. The molecule has 4 nitrogen and oxygen atoms in total. The molecule has 0 bridgehead atoms. The van der Waals surface area contributed by atoms with E-state index < -0.39 is 0 Å². The van der Waals surface area contributed by atoms with Crippen LogP contribution in [0.3, 0.4) is 0 Å². The van der Waals surface area contributed by atoms with E-state index in [4.69, 9.17) is 11.1 Å². The van der Waals surface area contributed by atoms with E-state index in [2.05, 4.69) is 9.88 Å². The number of nitrogens with zero attached hydrogens (tertiary/aromatic N) is 2. The Morgan fingerprint density at radius 1 is 1.50 bits per heavy atom. The summed E-state index contributed by atoms with van der Waals surface area (Å²) in [4.78, 5) is 6.34. The third-order valence-corrected chi connectivity index (χ3v) is 3.37. The zero-order valence-corrected chi connectivity index (χ0v) is 11.3. The quantitative estimate of drug-likeness (QED) is 0.655. The van der Waals surface area contributed by atoms with Gasteiger partial charge in [0, 0.05) is 23.7 Å². The number of amidine groups is 1. The molecule has 1 aromatic heterocycles. The Balaban J connectivity index is 2.31. The number of nitrogens with two attached hydrogens (primary N) is 1. The van der Waals surface area contributed by atoms with Gasteiger partial charge in [0.2, 0.25) is 0 Å². The second kappa shape index (κ2) is 5.18. The lowest BCUT2D eigenvalue weighted by Crippen LogP contribution is -2.22. The van der Waals surface area contributed by atoms with Crippen LogP contribution in [0.2, 0.25) is 0 Å². The summed E-state index contributed by atoms with van der Waals surface area (Å²) in [6.07, 6.45) is 0. The van der Waals surface area contributed by atoms with E-state index >= 15 is 0 Å². The van der Waals surface area contributed by atoms with Crippen molar-refractivity contribution in [3.8, 4) is 0 Å². The molecule has 0 amide bonds. The molecule has 94 valence electrons. The number of aromatic nitrogens is 1. The first-order chi connectivity index (χ1) is 8.58. The van der Waals surface area contributed by atoms with Gasteiger partial charge < -0.3 is 10.6 Å². The van der Waals surface area contributed by atoms with Crippen molar-refractivity contribution < 1.29 is 0 Å². The molecule has 3 N–H and O–H groups in total. The molecule has 1 heterocycles. The highest BCUT2D eigenvalue weighted by Crippen LogP contribution is 2.22. The Morgan fingerprint density at radius 2 is 2.28 bits per heavy atom. The molecule has 0 aliphatic heterocycles. The average Bonchev–Trinajstić information content (AvgIpc) is 2.81. The van der Waals surface area contributed by atoms with Crippen LogP contribution in [0.4, 0.5) is 5.69 Å². The van der Waals surface area contributed by atoms with Gasteiger partial charge in [0.15, 0.2) is 0 Å². The van der Waals surface area contributed by atoms with E-state index in [1.54, 1.807) is 11.3 Å². The summed E-state index contributed by atoms with van der Waals surface area (Å²) in [7, 11) is 1.99. The number of rotatable bonds is 4. The number of anilines is 1. The third-order valence-electron chi connectivity index (χ3n) is 2.74. The number of aryl methyl sites for hydroxylation is 1. The maximum absolute atomic E-state index is 7.63. The van der Waals surface area contributed by atoms with Gasteiger partial charge in [0.25, 0.3) is 0 Å². The lowest BCUT2D eigenvalue weighted by Gasteiger charge is -2.21. The SMILES string of the molecule is Cc1ccc(C(=N)N)c(N(C)Cc2cscn2)c1. The van der Waals surface area contributed by atoms with Crippen molar-refractivity contribution in [3.05, 3.63) is 45.9 Å². The van der Waals surface area contributed by atoms with Gasteiger partial charge in [-0.25, -0.2) is 4.98 Å². The lowest BCUT2D eigenvalue weighted by atomic mass is 10.1. The maximum atomic E-state index is 7.63. The summed E-state index contributed by atoms with van der Waals surface area (Å²) >= 11 is 1.59. The second-order valence-corrected chi connectivity index (χ2v) is 4.99. The minimum atomic E-state index is 0.0927. The van der Waals surface area contributed by atoms with Crippen LogP contribution in [-0.4, -0.2) is 17.9 Å².